The standard InChI is InChI=1S/C10H20N2O/c1-3-11-10(13)12-9-6-4-8(2)5-7-9/h8-9H,3-7H2,1-2H3,(H2,11,12,13). The molecule has 13 heavy (non-hydrogen) atoms. The molecular weight excluding hydrogens is 164 g/mol. The van der Waals surface area contributed by atoms with Gasteiger partial charge in [-0.15, -0.1) is 0 Å². The van der Waals surface area contributed by atoms with Gasteiger partial charge >= 0.3 is 6.03 Å². The minimum Gasteiger partial charge on any atom is -0.338 e. The van der Waals surface area contributed by atoms with Crippen molar-refractivity contribution in [1.29, 1.82) is 0 Å². The maximum Gasteiger partial charge on any atom is 0.314 e. The molecule has 0 aromatic heterocycles. The van der Waals surface area contributed by atoms with Gasteiger partial charge < -0.3 is 10.6 Å². The predicted octanol–water partition coefficient (Wildman–Crippen LogP) is 1.88. The lowest BCUT2D eigenvalue weighted by molar-refractivity contribution is 0.229. The van der Waals surface area contributed by atoms with Crippen molar-refractivity contribution in [3.63, 3.8) is 0 Å². The Morgan fingerprint density at radius 2 is 1.92 bits per heavy atom. The number of carbonyl (C=O) groups is 1. The largest absolute Gasteiger partial charge is 0.338 e. The molecule has 3 nitrogen and oxygen atoms in total. The van der Waals surface area contributed by atoms with Crippen LogP contribution in [0.3, 0.4) is 0 Å². The fourth-order valence-corrected chi connectivity index (χ4v) is 1.80. The molecule has 0 aromatic rings. The van der Waals surface area contributed by atoms with E-state index in [-0.39, 0.29) is 6.03 Å². The van der Waals surface area contributed by atoms with Gasteiger partial charge in [0, 0.05) is 12.6 Å². The summed E-state index contributed by atoms with van der Waals surface area (Å²) in [5, 5.41) is 5.74. The zero-order valence-electron chi connectivity index (χ0n) is 8.60. The van der Waals surface area contributed by atoms with Gasteiger partial charge in [-0.05, 0) is 38.5 Å². The molecule has 1 rings (SSSR count). The molecule has 0 saturated heterocycles. The van der Waals surface area contributed by atoms with Crippen LogP contribution in [-0.4, -0.2) is 18.6 Å². The molecule has 0 atom stereocenters. The van der Waals surface area contributed by atoms with Crippen molar-refractivity contribution in [2.45, 2.75) is 45.6 Å². The van der Waals surface area contributed by atoms with Crippen LogP contribution in [-0.2, 0) is 0 Å². The highest BCUT2D eigenvalue weighted by atomic mass is 16.2. The summed E-state index contributed by atoms with van der Waals surface area (Å²) in [6, 6.07) is 0.393. The minimum absolute atomic E-state index is 0.0120. The van der Waals surface area contributed by atoms with Crippen LogP contribution in [0.5, 0.6) is 0 Å². The second-order valence-corrected chi connectivity index (χ2v) is 3.96. The molecule has 1 aliphatic carbocycles. The molecule has 0 radical (unpaired) electrons. The van der Waals surface area contributed by atoms with E-state index in [0.29, 0.717) is 12.6 Å². The van der Waals surface area contributed by atoms with Crippen LogP contribution in [0.1, 0.15) is 39.5 Å². The second kappa shape index (κ2) is 5.10. The molecule has 1 aliphatic rings. The first-order valence-electron chi connectivity index (χ1n) is 5.26. The highest BCUT2D eigenvalue weighted by Gasteiger charge is 2.18. The SMILES string of the molecule is CCNC(=O)NC1CCC(C)CC1. The molecular formula is C10H20N2O. The van der Waals surface area contributed by atoms with E-state index in [1.54, 1.807) is 0 Å². The van der Waals surface area contributed by atoms with Gasteiger partial charge in [-0.1, -0.05) is 6.92 Å². The third kappa shape index (κ3) is 3.66. The van der Waals surface area contributed by atoms with Crippen LogP contribution in [0.4, 0.5) is 4.79 Å². The lowest BCUT2D eigenvalue weighted by Crippen LogP contribution is -2.43. The van der Waals surface area contributed by atoms with Crippen LogP contribution in [0.15, 0.2) is 0 Å². The van der Waals surface area contributed by atoms with Crippen molar-refractivity contribution < 1.29 is 4.79 Å². The van der Waals surface area contributed by atoms with E-state index in [9.17, 15) is 4.79 Å². The molecule has 3 heteroatoms. The molecule has 2 amide bonds. The number of urea groups is 1. The molecule has 76 valence electrons. The molecule has 2 N–H and O–H groups in total. The quantitative estimate of drug-likeness (QED) is 0.676. The van der Waals surface area contributed by atoms with Gasteiger partial charge in [-0.2, -0.15) is 0 Å². The highest BCUT2D eigenvalue weighted by Crippen LogP contribution is 2.23. The summed E-state index contributed by atoms with van der Waals surface area (Å²) in [6.07, 6.45) is 4.77. The lowest BCUT2D eigenvalue weighted by atomic mass is 9.87. The van der Waals surface area contributed by atoms with Gasteiger partial charge in [0.2, 0.25) is 0 Å². The zero-order valence-corrected chi connectivity index (χ0v) is 8.60. The number of hydrogen-bond donors (Lipinski definition) is 2. The van der Waals surface area contributed by atoms with Crippen LogP contribution in [0.2, 0.25) is 0 Å². The summed E-state index contributed by atoms with van der Waals surface area (Å²) in [5.41, 5.74) is 0. The van der Waals surface area contributed by atoms with Crippen molar-refractivity contribution in [3.05, 3.63) is 0 Å². The average Bonchev–Trinajstić information content (AvgIpc) is 2.09. The van der Waals surface area contributed by atoms with E-state index >= 15 is 0 Å². The van der Waals surface area contributed by atoms with Gasteiger partial charge in [0.15, 0.2) is 0 Å². The number of carbonyl (C=O) groups excluding carboxylic acids is 1. The van der Waals surface area contributed by atoms with Gasteiger partial charge in [-0.3, -0.25) is 0 Å². The zero-order chi connectivity index (χ0) is 9.68. The Labute approximate surface area is 80.3 Å². The number of hydrogen-bond acceptors (Lipinski definition) is 1. The third-order valence-corrected chi connectivity index (χ3v) is 2.69. The van der Waals surface area contributed by atoms with Gasteiger partial charge in [-0.25, -0.2) is 4.79 Å². The van der Waals surface area contributed by atoms with E-state index < -0.39 is 0 Å². The third-order valence-electron chi connectivity index (χ3n) is 2.69. The smallest absolute Gasteiger partial charge is 0.314 e. The van der Waals surface area contributed by atoms with Crippen LogP contribution < -0.4 is 10.6 Å². The molecule has 0 heterocycles. The highest BCUT2D eigenvalue weighted by molar-refractivity contribution is 5.74. The Kier molecular flexibility index (Phi) is 4.06. The summed E-state index contributed by atoms with van der Waals surface area (Å²) < 4.78 is 0. The van der Waals surface area contributed by atoms with Crippen molar-refractivity contribution in [2.24, 2.45) is 5.92 Å². The van der Waals surface area contributed by atoms with Crippen molar-refractivity contribution in [2.75, 3.05) is 6.54 Å². The summed E-state index contributed by atoms with van der Waals surface area (Å²) >= 11 is 0. The van der Waals surface area contributed by atoms with E-state index in [4.69, 9.17) is 0 Å². The van der Waals surface area contributed by atoms with Gasteiger partial charge in [0.05, 0.1) is 0 Å². The Morgan fingerprint density at radius 1 is 1.31 bits per heavy atom. The van der Waals surface area contributed by atoms with Crippen LogP contribution in [0, 0.1) is 5.92 Å². The summed E-state index contributed by atoms with van der Waals surface area (Å²) in [5.74, 6) is 0.840. The van der Waals surface area contributed by atoms with E-state index in [1.807, 2.05) is 6.92 Å². The van der Waals surface area contributed by atoms with Crippen molar-refractivity contribution >= 4 is 6.03 Å². The maximum atomic E-state index is 11.2. The molecule has 0 aliphatic heterocycles. The molecule has 0 spiro atoms. The molecule has 1 fully saturated rings. The Bertz CT molecular complexity index is 162. The van der Waals surface area contributed by atoms with Gasteiger partial charge in [0.25, 0.3) is 0 Å². The Balaban J connectivity index is 2.18. The fourth-order valence-electron chi connectivity index (χ4n) is 1.80. The molecule has 0 aromatic carbocycles. The first kappa shape index (κ1) is 10.4. The number of rotatable bonds is 2. The van der Waals surface area contributed by atoms with E-state index in [2.05, 4.69) is 17.6 Å². The Morgan fingerprint density at radius 3 is 2.46 bits per heavy atom. The first-order valence-corrected chi connectivity index (χ1v) is 5.26. The topological polar surface area (TPSA) is 41.1 Å². The minimum atomic E-state index is -0.0120. The summed E-state index contributed by atoms with van der Waals surface area (Å²) in [4.78, 5) is 11.2. The summed E-state index contributed by atoms with van der Waals surface area (Å²) in [6.45, 7) is 4.92. The van der Waals surface area contributed by atoms with Crippen LogP contribution in [0.25, 0.3) is 0 Å². The molecule has 1 saturated carbocycles. The Hall–Kier alpha value is -0.730. The number of nitrogens with one attached hydrogen (secondary N) is 2. The van der Waals surface area contributed by atoms with Crippen LogP contribution >= 0.6 is 0 Å². The van der Waals surface area contributed by atoms with E-state index in [1.165, 1.54) is 12.8 Å². The average molecular weight is 184 g/mol. The van der Waals surface area contributed by atoms with E-state index in [0.717, 1.165) is 18.8 Å². The summed E-state index contributed by atoms with van der Waals surface area (Å²) in [7, 11) is 0. The number of amides is 2. The van der Waals surface area contributed by atoms with Gasteiger partial charge in [0.1, 0.15) is 0 Å². The monoisotopic (exact) mass is 184 g/mol. The lowest BCUT2D eigenvalue weighted by Gasteiger charge is -2.26. The second-order valence-electron chi connectivity index (χ2n) is 3.96. The maximum absolute atomic E-state index is 11.2. The first-order chi connectivity index (χ1) is 6.22. The predicted molar refractivity (Wildman–Crippen MR) is 53.6 cm³/mol. The molecule has 0 bridgehead atoms. The molecule has 0 unspecified atom stereocenters. The fraction of sp³-hybridized carbons (Fsp3) is 0.900. The van der Waals surface area contributed by atoms with Crippen molar-refractivity contribution in [1.82, 2.24) is 10.6 Å². The normalized spacial score (nSPS) is 28.2. The van der Waals surface area contributed by atoms with Crippen molar-refractivity contribution in [3.8, 4) is 0 Å².